The highest BCUT2D eigenvalue weighted by molar-refractivity contribution is 9.09. The largest absolute Gasteiger partial charge is 0.383 e. The summed E-state index contributed by atoms with van der Waals surface area (Å²) in [6.45, 7) is 1.29. The highest BCUT2D eigenvalue weighted by Crippen LogP contribution is 2.16. The average molecular weight is 339 g/mol. The second-order valence-electron chi connectivity index (χ2n) is 3.60. The number of amides is 1. The minimum absolute atomic E-state index is 0.0143. The first kappa shape index (κ1) is 15.4. The molecule has 0 aliphatic rings. The van der Waals surface area contributed by atoms with Gasteiger partial charge < -0.3 is 9.64 Å². The summed E-state index contributed by atoms with van der Waals surface area (Å²) < 4.78 is 18.5. The van der Waals surface area contributed by atoms with Gasteiger partial charge in [0.15, 0.2) is 0 Å². The molecule has 0 saturated carbocycles. The van der Waals surface area contributed by atoms with Gasteiger partial charge in [-0.2, -0.15) is 0 Å². The van der Waals surface area contributed by atoms with Gasteiger partial charge in [-0.1, -0.05) is 27.5 Å². The van der Waals surface area contributed by atoms with Crippen molar-refractivity contribution in [1.82, 2.24) is 4.90 Å². The molecule has 1 rings (SSSR count). The summed E-state index contributed by atoms with van der Waals surface area (Å²) >= 11 is 9.04. The normalized spacial score (nSPS) is 10.4. The Bertz CT molecular complexity index is 417. The van der Waals surface area contributed by atoms with E-state index in [1.54, 1.807) is 7.11 Å². The molecular formula is C12H14BrClFNO2. The molecule has 0 heterocycles. The van der Waals surface area contributed by atoms with E-state index in [2.05, 4.69) is 15.9 Å². The van der Waals surface area contributed by atoms with Crippen molar-refractivity contribution < 1.29 is 13.9 Å². The van der Waals surface area contributed by atoms with Crippen molar-refractivity contribution in [1.29, 1.82) is 0 Å². The number of hydrogen-bond donors (Lipinski definition) is 0. The van der Waals surface area contributed by atoms with Gasteiger partial charge >= 0.3 is 0 Å². The van der Waals surface area contributed by atoms with Crippen LogP contribution in [0.3, 0.4) is 0 Å². The van der Waals surface area contributed by atoms with Gasteiger partial charge in [-0.15, -0.1) is 0 Å². The molecule has 1 aromatic rings. The van der Waals surface area contributed by atoms with Crippen molar-refractivity contribution >= 4 is 33.4 Å². The van der Waals surface area contributed by atoms with E-state index in [1.165, 1.54) is 23.1 Å². The lowest BCUT2D eigenvalue weighted by molar-refractivity contribution is 0.0704. The second-order valence-corrected chi connectivity index (χ2v) is 4.83. The first-order valence-electron chi connectivity index (χ1n) is 5.39. The molecule has 18 heavy (non-hydrogen) atoms. The SMILES string of the molecule is COCCN(CCBr)C(=O)c1cc(Cl)ccc1F. The van der Waals surface area contributed by atoms with Gasteiger partial charge in [0.25, 0.3) is 5.91 Å². The molecule has 0 radical (unpaired) electrons. The lowest BCUT2D eigenvalue weighted by Crippen LogP contribution is -2.35. The summed E-state index contributed by atoms with van der Waals surface area (Å²) in [5, 5.41) is 0.954. The number of nitrogens with zero attached hydrogens (tertiary/aromatic N) is 1. The summed E-state index contributed by atoms with van der Waals surface area (Å²) in [6.07, 6.45) is 0. The number of methoxy groups -OCH3 is 1. The number of carbonyl (C=O) groups excluding carboxylic acids is 1. The number of carbonyl (C=O) groups is 1. The molecule has 0 saturated heterocycles. The van der Waals surface area contributed by atoms with Crippen LogP contribution in [0.4, 0.5) is 4.39 Å². The molecule has 0 atom stereocenters. The lowest BCUT2D eigenvalue weighted by atomic mass is 10.2. The first-order chi connectivity index (χ1) is 8.60. The van der Waals surface area contributed by atoms with Gasteiger partial charge in [-0.25, -0.2) is 4.39 Å². The topological polar surface area (TPSA) is 29.5 Å². The van der Waals surface area contributed by atoms with Crippen LogP contribution in [0.1, 0.15) is 10.4 Å². The van der Waals surface area contributed by atoms with Gasteiger partial charge in [0.1, 0.15) is 5.82 Å². The molecular weight excluding hydrogens is 324 g/mol. The second kappa shape index (κ2) is 7.71. The van der Waals surface area contributed by atoms with Crippen LogP contribution in [0.15, 0.2) is 18.2 Å². The van der Waals surface area contributed by atoms with Crippen molar-refractivity contribution in [2.75, 3.05) is 32.1 Å². The van der Waals surface area contributed by atoms with Crippen molar-refractivity contribution in [3.63, 3.8) is 0 Å². The van der Waals surface area contributed by atoms with Crippen LogP contribution in [0.25, 0.3) is 0 Å². The molecule has 0 unspecified atom stereocenters. The van der Waals surface area contributed by atoms with E-state index < -0.39 is 5.82 Å². The summed E-state index contributed by atoms with van der Waals surface area (Å²) in [5.41, 5.74) is -0.0143. The van der Waals surface area contributed by atoms with Gasteiger partial charge in [-0.3, -0.25) is 4.79 Å². The van der Waals surface area contributed by atoms with E-state index in [0.29, 0.717) is 30.0 Å². The Kier molecular flexibility index (Phi) is 6.60. The zero-order chi connectivity index (χ0) is 13.5. The van der Waals surface area contributed by atoms with Crippen LogP contribution in [-0.4, -0.2) is 42.9 Å². The average Bonchev–Trinajstić information content (AvgIpc) is 2.36. The molecule has 100 valence electrons. The van der Waals surface area contributed by atoms with Crippen molar-refractivity contribution in [2.24, 2.45) is 0 Å². The first-order valence-corrected chi connectivity index (χ1v) is 6.89. The Hall–Kier alpha value is -0.650. The number of alkyl halides is 1. The fourth-order valence-corrected chi connectivity index (χ4v) is 2.05. The Labute approximate surface area is 119 Å². The maximum absolute atomic E-state index is 13.6. The van der Waals surface area contributed by atoms with Crippen molar-refractivity contribution in [2.45, 2.75) is 0 Å². The maximum Gasteiger partial charge on any atom is 0.256 e. The van der Waals surface area contributed by atoms with E-state index in [0.717, 1.165) is 0 Å². The Morgan fingerprint density at radius 2 is 2.22 bits per heavy atom. The van der Waals surface area contributed by atoms with E-state index in [-0.39, 0.29) is 11.5 Å². The smallest absolute Gasteiger partial charge is 0.256 e. The minimum atomic E-state index is -0.568. The molecule has 0 N–H and O–H groups in total. The van der Waals surface area contributed by atoms with Gasteiger partial charge in [0.05, 0.1) is 12.2 Å². The highest BCUT2D eigenvalue weighted by atomic mass is 79.9. The third kappa shape index (κ3) is 4.23. The van der Waals surface area contributed by atoms with E-state index >= 15 is 0 Å². The molecule has 0 aliphatic heterocycles. The number of hydrogen-bond acceptors (Lipinski definition) is 2. The summed E-state index contributed by atoms with van der Waals surface area (Å²) in [7, 11) is 1.55. The molecule has 0 fully saturated rings. The maximum atomic E-state index is 13.6. The number of benzene rings is 1. The number of rotatable bonds is 6. The zero-order valence-corrected chi connectivity index (χ0v) is 12.3. The molecule has 0 aliphatic carbocycles. The molecule has 6 heteroatoms. The molecule has 1 amide bonds. The Morgan fingerprint density at radius 3 is 2.83 bits per heavy atom. The number of ether oxygens (including phenoxy) is 1. The summed E-state index contributed by atoms with van der Waals surface area (Å²) in [4.78, 5) is 13.7. The molecule has 1 aromatic carbocycles. The third-order valence-electron chi connectivity index (χ3n) is 2.37. The minimum Gasteiger partial charge on any atom is -0.383 e. The van der Waals surface area contributed by atoms with Crippen LogP contribution in [0.2, 0.25) is 5.02 Å². The number of halogens is 3. The predicted molar refractivity (Wildman–Crippen MR) is 73.0 cm³/mol. The zero-order valence-electron chi connectivity index (χ0n) is 9.96. The molecule has 0 spiro atoms. The van der Waals surface area contributed by atoms with Gasteiger partial charge in [0, 0.05) is 30.6 Å². The van der Waals surface area contributed by atoms with Crippen LogP contribution in [-0.2, 0) is 4.74 Å². The quantitative estimate of drug-likeness (QED) is 0.746. The van der Waals surface area contributed by atoms with Crippen LogP contribution >= 0.6 is 27.5 Å². The molecule has 0 aromatic heterocycles. The fraction of sp³-hybridized carbons (Fsp3) is 0.417. The van der Waals surface area contributed by atoms with Crippen LogP contribution < -0.4 is 0 Å². The third-order valence-corrected chi connectivity index (χ3v) is 2.96. The highest BCUT2D eigenvalue weighted by Gasteiger charge is 2.18. The predicted octanol–water partition coefficient (Wildman–Crippen LogP) is 2.96. The fourth-order valence-electron chi connectivity index (χ4n) is 1.45. The van der Waals surface area contributed by atoms with Crippen molar-refractivity contribution in [3.05, 3.63) is 34.6 Å². The Balaban J connectivity index is 2.90. The van der Waals surface area contributed by atoms with E-state index in [9.17, 15) is 9.18 Å². The Morgan fingerprint density at radius 1 is 1.50 bits per heavy atom. The standard InChI is InChI=1S/C12H14BrClFNO2/c1-18-7-6-16(5-4-13)12(17)10-8-9(14)2-3-11(10)15/h2-3,8H,4-7H2,1H3. The van der Waals surface area contributed by atoms with Crippen LogP contribution in [0.5, 0.6) is 0 Å². The van der Waals surface area contributed by atoms with E-state index in [1.807, 2.05) is 0 Å². The van der Waals surface area contributed by atoms with Crippen molar-refractivity contribution in [3.8, 4) is 0 Å². The van der Waals surface area contributed by atoms with Gasteiger partial charge in [-0.05, 0) is 18.2 Å². The van der Waals surface area contributed by atoms with E-state index in [4.69, 9.17) is 16.3 Å². The molecule has 3 nitrogen and oxygen atoms in total. The van der Waals surface area contributed by atoms with Gasteiger partial charge in [0.2, 0.25) is 0 Å². The lowest BCUT2D eigenvalue weighted by Gasteiger charge is -2.21. The molecule has 0 bridgehead atoms. The summed E-state index contributed by atoms with van der Waals surface area (Å²) in [6, 6.07) is 3.95. The summed E-state index contributed by atoms with van der Waals surface area (Å²) in [5.74, 6) is -0.951. The van der Waals surface area contributed by atoms with Crippen LogP contribution in [0, 0.1) is 5.82 Å². The monoisotopic (exact) mass is 337 g/mol.